The molecule has 0 radical (unpaired) electrons. The van der Waals surface area contributed by atoms with E-state index in [0.29, 0.717) is 11.3 Å². The zero-order valence-corrected chi connectivity index (χ0v) is 11.6. The molecule has 2 aromatic rings. The van der Waals surface area contributed by atoms with Gasteiger partial charge in [-0.1, -0.05) is 24.3 Å². The van der Waals surface area contributed by atoms with E-state index in [9.17, 15) is 13.5 Å². The minimum atomic E-state index is -3.57. The van der Waals surface area contributed by atoms with Gasteiger partial charge in [-0.15, -0.1) is 6.58 Å². The SMILES string of the molecule is C=CCS(=O)(=O)c1cc(-c2ccc(N)cc2)ccc1O. The highest BCUT2D eigenvalue weighted by Crippen LogP contribution is 2.30. The van der Waals surface area contributed by atoms with E-state index >= 15 is 0 Å². The van der Waals surface area contributed by atoms with Gasteiger partial charge in [-0.25, -0.2) is 8.42 Å². The number of sulfone groups is 1. The summed E-state index contributed by atoms with van der Waals surface area (Å²) in [7, 11) is -3.57. The molecular formula is C15H15NO3S. The molecule has 3 N–H and O–H groups in total. The number of phenols is 1. The van der Waals surface area contributed by atoms with Crippen LogP contribution in [0.1, 0.15) is 0 Å². The lowest BCUT2D eigenvalue weighted by Crippen LogP contribution is -2.05. The lowest BCUT2D eigenvalue weighted by molar-refractivity contribution is 0.459. The van der Waals surface area contributed by atoms with Gasteiger partial charge in [0.25, 0.3) is 0 Å². The number of anilines is 1. The molecule has 0 unspecified atom stereocenters. The van der Waals surface area contributed by atoms with E-state index in [4.69, 9.17) is 5.73 Å². The molecule has 0 saturated carbocycles. The first-order valence-corrected chi connectivity index (χ1v) is 7.62. The number of nitrogens with two attached hydrogens (primary N) is 1. The largest absolute Gasteiger partial charge is 0.507 e. The molecule has 0 atom stereocenters. The predicted molar refractivity (Wildman–Crippen MR) is 80.2 cm³/mol. The molecule has 0 aliphatic carbocycles. The average molecular weight is 289 g/mol. The van der Waals surface area contributed by atoms with Gasteiger partial charge in [-0.2, -0.15) is 0 Å². The topological polar surface area (TPSA) is 80.4 Å². The van der Waals surface area contributed by atoms with Crippen LogP contribution in [-0.4, -0.2) is 19.3 Å². The third-order valence-electron chi connectivity index (χ3n) is 2.88. The molecular weight excluding hydrogens is 274 g/mol. The van der Waals surface area contributed by atoms with Crippen LogP contribution in [0.3, 0.4) is 0 Å². The molecule has 0 bridgehead atoms. The number of nitrogen functional groups attached to an aromatic ring is 1. The fourth-order valence-corrected chi connectivity index (χ4v) is 3.05. The molecule has 0 fully saturated rings. The summed E-state index contributed by atoms with van der Waals surface area (Å²) in [5, 5.41) is 9.75. The van der Waals surface area contributed by atoms with E-state index in [2.05, 4.69) is 6.58 Å². The molecule has 5 heteroatoms. The van der Waals surface area contributed by atoms with E-state index in [1.165, 1.54) is 18.2 Å². The Hall–Kier alpha value is -2.27. The molecule has 2 rings (SSSR count). The highest BCUT2D eigenvalue weighted by atomic mass is 32.2. The molecule has 20 heavy (non-hydrogen) atoms. The van der Waals surface area contributed by atoms with Crippen molar-refractivity contribution in [2.75, 3.05) is 11.5 Å². The van der Waals surface area contributed by atoms with Crippen molar-refractivity contribution in [1.29, 1.82) is 0 Å². The quantitative estimate of drug-likeness (QED) is 0.669. The maximum Gasteiger partial charge on any atom is 0.185 e. The Morgan fingerprint density at radius 3 is 2.30 bits per heavy atom. The Bertz CT molecular complexity index is 734. The van der Waals surface area contributed by atoms with Crippen molar-refractivity contribution in [3.63, 3.8) is 0 Å². The summed E-state index contributed by atoms with van der Waals surface area (Å²) in [5.74, 6) is -0.475. The van der Waals surface area contributed by atoms with E-state index in [1.54, 1.807) is 30.3 Å². The molecule has 0 spiro atoms. The van der Waals surface area contributed by atoms with Crippen molar-refractivity contribution in [2.45, 2.75) is 4.90 Å². The monoisotopic (exact) mass is 289 g/mol. The Balaban J connectivity index is 2.54. The summed E-state index contributed by atoms with van der Waals surface area (Å²) in [6.45, 7) is 3.42. The van der Waals surface area contributed by atoms with Crippen LogP contribution in [0.25, 0.3) is 11.1 Å². The summed E-state index contributed by atoms with van der Waals surface area (Å²) in [4.78, 5) is -0.0910. The van der Waals surface area contributed by atoms with Crippen molar-refractivity contribution < 1.29 is 13.5 Å². The highest BCUT2D eigenvalue weighted by molar-refractivity contribution is 7.91. The second-order valence-electron chi connectivity index (χ2n) is 4.37. The molecule has 2 aromatic carbocycles. The third kappa shape index (κ3) is 2.83. The van der Waals surface area contributed by atoms with Crippen LogP contribution in [0, 0.1) is 0 Å². The fraction of sp³-hybridized carbons (Fsp3) is 0.0667. The van der Waals surface area contributed by atoms with Gasteiger partial charge in [0.15, 0.2) is 9.84 Å². The van der Waals surface area contributed by atoms with Crippen LogP contribution < -0.4 is 5.73 Å². The minimum absolute atomic E-state index is 0.0910. The Morgan fingerprint density at radius 1 is 1.10 bits per heavy atom. The Labute approximate surface area is 118 Å². The van der Waals surface area contributed by atoms with Crippen LogP contribution >= 0.6 is 0 Å². The third-order valence-corrected chi connectivity index (χ3v) is 4.55. The highest BCUT2D eigenvalue weighted by Gasteiger charge is 2.18. The number of benzene rings is 2. The van der Waals surface area contributed by atoms with Crippen molar-refractivity contribution >= 4 is 15.5 Å². The maximum absolute atomic E-state index is 12.0. The van der Waals surface area contributed by atoms with E-state index in [0.717, 1.165) is 5.56 Å². The van der Waals surface area contributed by atoms with E-state index in [1.807, 2.05) is 0 Å². The van der Waals surface area contributed by atoms with E-state index < -0.39 is 9.84 Å². The normalized spacial score (nSPS) is 11.2. The smallest absolute Gasteiger partial charge is 0.185 e. The van der Waals surface area contributed by atoms with Gasteiger partial charge in [0, 0.05) is 5.69 Å². The molecule has 0 aliphatic rings. The van der Waals surface area contributed by atoms with Gasteiger partial charge in [0.2, 0.25) is 0 Å². The van der Waals surface area contributed by atoms with Crippen LogP contribution in [0.5, 0.6) is 5.75 Å². The van der Waals surface area contributed by atoms with Gasteiger partial charge in [0.05, 0.1) is 5.75 Å². The second-order valence-corrected chi connectivity index (χ2v) is 6.38. The molecule has 104 valence electrons. The molecule has 4 nitrogen and oxygen atoms in total. The average Bonchev–Trinajstić information content (AvgIpc) is 2.40. The summed E-state index contributed by atoms with van der Waals surface area (Å²) in [5.41, 5.74) is 7.78. The van der Waals surface area contributed by atoms with Crippen molar-refractivity contribution in [1.82, 2.24) is 0 Å². The first-order chi connectivity index (χ1) is 9.44. The van der Waals surface area contributed by atoms with Crippen LogP contribution in [0.4, 0.5) is 5.69 Å². The second kappa shape index (κ2) is 5.38. The van der Waals surface area contributed by atoms with Crippen LogP contribution in [0.2, 0.25) is 0 Å². The first-order valence-electron chi connectivity index (χ1n) is 5.96. The number of aromatic hydroxyl groups is 1. The number of hydrogen-bond donors (Lipinski definition) is 2. The molecule has 0 amide bonds. The standard InChI is InChI=1S/C15H15NO3S/c1-2-9-20(18,19)15-10-12(5-8-14(15)17)11-3-6-13(16)7-4-11/h2-8,10,17H,1,9,16H2. The lowest BCUT2D eigenvalue weighted by atomic mass is 10.1. The summed E-state index contributed by atoms with van der Waals surface area (Å²) < 4.78 is 24.1. The van der Waals surface area contributed by atoms with Crippen LogP contribution in [0.15, 0.2) is 60.0 Å². The van der Waals surface area contributed by atoms with Crippen molar-refractivity contribution in [2.24, 2.45) is 0 Å². The maximum atomic E-state index is 12.0. The number of hydrogen-bond acceptors (Lipinski definition) is 4. The van der Waals surface area contributed by atoms with Gasteiger partial charge in [-0.3, -0.25) is 0 Å². The first kappa shape index (κ1) is 14.1. The van der Waals surface area contributed by atoms with Crippen molar-refractivity contribution in [3.8, 4) is 16.9 Å². The Kier molecular flexibility index (Phi) is 3.81. The van der Waals surface area contributed by atoms with Gasteiger partial charge in [-0.05, 0) is 35.4 Å². The van der Waals surface area contributed by atoms with Gasteiger partial charge >= 0.3 is 0 Å². The van der Waals surface area contributed by atoms with Gasteiger partial charge in [0.1, 0.15) is 10.6 Å². The number of rotatable bonds is 4. The Morgan fingerprint density at radius 2 is 1.70 bits per heavy atom. The summed E-state index contributed by atoms with van der Waals surface area (Å²) in [6, 6.07) is 11.6. The summed E-state index contributed by atoms with van der Waals surface area (Å²) >= 11 is 0. The molecule has 0 heterocycles. The zero-order chi connectivity index (χ0) is 14.8. The predicted octanol–water partition coefficient (Wildman–Crippen LogP) is 2.60. The lowest BCUT2D eigenvalue weighted by Gasteiger charge is -2.08. The fourth-order valence-electron chi connectivity index (χ4n) is 1.86. The van der Waals surface area contributed by atoms with E-state index in [-0.39, 0.29) is 16.4 Å². The van der Waals surface area contributed by atoms with Gasteiger partial charge < -0.3 is 10.8 Å². The zero-order valence-electron chi connectivity index (χ0n) is 10.8. The van der Waals surface area contributed by atoms with Crippen LogP contribution in [-0.2, 0) is 9.84 Å². The molecule has 0 saturated heterocycles. The minimum Gasteiger partial charge on any atom is -0.507 e. The summed E-state index contributed by atoms with van der Waals surface area (Å²) in [6.07, 6.45) is 1.30. The number of phenolic OH excluding ortho intramolecular Hbond substituents is 1. The van der Waals surface area contributed by atoms with Crippen molar-refractivity contribution in [3.05, 3.63) is 55.1 Å². The molecule has 0 aliphatic heterocycles. The molecule has 0 aromatic heterocycles.